The number of nitrogens with zero attached hydrogens (tertiary/aromatic N) is 2. The molecular weight excluding hydrogens is 306 g/mol. The number of nitrogens with one attached hydrogen (secondary N) is 1. The summed E-state index contributed by atoms with van der Waals surface area (Å²) >= 11 is 0. The van der Waals surface area contributed by atoms with E-state index in [9.17, 15) is 0 Å². The summed E-state index contributed by atoms with van der Waals surface area (Å²) in [7, 11) is 5.55. The molecule has 1 aromatic carbocycles. The van der Waals surface area contributed by atoms with Crippen molar-refractivity contribution in [1.29, 1.82) is 0 Å². The maximum absolute atomic E-state index is 5.65. The standard InChI is InChI=1S/C18H29N3O3/c1-19-18(21(2)13-16-7-8-23-14-16)20-12-15-5-4-6-17(11-15)24-10-9-22-3/h4-6,11,16H,7-10,12-14H2,1-3H3,(H,19,20). The van der Waals surface area contributed by atoms with Crippen LogP contribution in [0.3, 0.4) is 0 Å². The Kier molecular flexibility index (Phi) is 7.85. The van der Waals surface area contributed by atoms with E-state index in [-0.39, 0.29) is 0 Å². The SMILES string of the molecule is CN=C(NCc1cccc(OCCOC)c1)N(C)CC1CCOC1. The third kappa shape index (κ3) is 6.02. The van der Waals surface area contributed by atoms with Crippen molar-refractivity contribution in [2.24, 2.45) is 10.9 Å². The quantitative estimate of drug-likeness (QED) is 0.446. The lowest BCUT2D eigenvalue weighted by atomic mass is 10.1. The maximum atomic E-state index is 5.65. The Morgan fingerprint density at radius 2 is 2.29 bits per heavy atom. The van der Waals surface area contributed by atoms with Crippen LogP contribution in [0.15, 0.2) is 29.3 Å². The van der Waals surface area contributed by atoms with Gasteiger partial charge in [0.1, 0.15) is 12.4 Å². The fraction of sp³-hybridized carbons (Fsp3) is 0.611. The van der Waals surface area contributed by atoms with E-state index in [1.807, 2.05) is 25.2 Å². The molecule has 1 N–H and O–H groups in total. The Hall–Kier alpha value is -1.79. The van der Waals surface area contributed by atoms with Crippen LogP contribution in [-0.4, -0.2) is 65.0 Å². The highest BCUT2D eigenvalue weighted by atomic mass is 16.5. The maximum Gasteiger partial charge on any atom is 0.193 e. The number of hydrogen-bond acceptors (Lipinski definition) is 4. The molecule has 1 saturated heterocycles. The molecule has 134 valence electrons. The minimum Gasteiger partial charge on any atom is -0.491 e. The molecule has 6 heteroatoms. The third-order valence-electron chi connectivity index (χ3n) is 4.03. The Labute approximate surface area is 144 Å². The van der Waals surface area contributed by atoms with Crippen LogP contribution < -0.4 is 10.1 Å². The molecule has 1 atom stereocenters. The van der Waals surface area contributed by atoms with Gasteiger partial charge in [-0.05, 0) is 24.1 Å². The van der Waals surface area contributed by atoms with Gasteiger partial charge in [-0.15, -0.1) is 0 Å². The smallest absolute Gasteiger partial charge is 0.193 e. The lowest BCUT2D eigenvalue weighted by Gasteiger charge is -2.24. The summed E-state index contributed by atoms with van der Waals surface area (Å²) in [6.07, 6.45) is 1.13. The molecule has 1 aromatic rings. The van der Waals surface area contributed by atoms with Crippen molar-refractivity contribution in [2.75, 3.05) is 54.2 Å². The van der Waals surface area contributed by atoms with Crippen molar-refractivity contribution in [3.8, 4) is 5.75 Å². The number of benzene rings is 1. The van der Waals surface area contributed by atoms with Gasteiger partial charge >= 0.3 is 0 Å². The average molecular weight is 335 g/mol. The van der Waals surface area contributed by atoms with Gasteiger partial charge in [-0.25, -0.2) is 0 Å². The molecule has 1 unspecified atom stereocenters. The van der Waals surface area contributed by atoms with E-state index in [1.165, 1.54) is 0 Å². The van der Waals surface area contributed by atoms with Gasteiger partial charge in [0.2, 0.25) is 0 Å². The summed E-state index contributed by atoms with van der Waals surface area (Å²) < 4.78 is 16.1. The lowest BCUT2D eigenvalue weighted by molar-refractivity contribution is 0.146. The van der Waals surface area contributed by atoms with Crippen molar-refractivity contribution < 1.29 is 14.2 Å². The summed E-state index contributed by atoms with van der Waals surface area (Å²) in [4.78, 5) is 6.54. The Balaban J connectivity index is 1.82. The predicted octanol–water partition coefficient (Wildman–Crippen LogP) is 1.76. The van der Waals surface area contributed by atoms with E-state index in [1.54, 1.807) is 7.11 Å². The van der Waals surface area contributed by atoms with Crippen molar-refractivity contribution in [1.82, 2.24) is 10.2 Å². The van der Waals surface area contributed by atoms with E-state index in [0.717, 1.165) is 43.5 Å². The van der Waals surface area contributed by atoms with Crippen LogP contribution in [0.2, 0.25) is 0 Å². The first-order valence-corrected chi connectivity index (χ1v) is 8.43. The number of aliphatic imine (C=N–C) groups is 1. The number of hydrogen-bond donors (Lipinski definition) is 1. The van der Waals surface area contributed by atoms with Crippen LogP contribution in [0, 0.1) is 5.92 Å². The summed E-state index contributed by atoms with van der Waals surface area (Å²) in [5.41, 5.74) is 1.16. The third-order valence-corrected chi connectivity index (χ3v) is 4.03. The molecule has 24 heavy (non-hydrogen) atoms. The second-order valence-electron chi connectivity index (χ2n) is 6.00. The van der Waals surface area contributed by atoms with Crippen LogP contribution >= 0.6 is 0 Å². The molecule has 1 aliphatic heterocycles. The van der Waals surface area contributed by atoms with Crippen molar-refractivity contribution in [3.05, 3.63) is 29.8 Å². The summed E-state index contributed by atoms with van der Waals surface area (Å²) in [6, 6.07) is 8.08. The van der Waals surface area contributed by atoms with Crippen LogP contribution in [0.5, 0.6) is 5.75 Å². The number of methoxy groups -OCH3 is 1. The van der Waals surface area contributed by atoms with Crippen LogP contribution in [0.4, 0.5) is 0 Å². The molecule has 0 saturated carbocycles. The first-order valence-electron chi connectivity index (χ1n) is 8.43. The Bertz CT molecular complexity index is 516. The van der Waals surface area contributed by atoms with Crippen LogP contribution in [-0.2, 0) is 16.0 Å². The molecular formula is C18H29N3O3. The molecule has 0 radical (unpaired) electrons. The molecule has 2 rings (SSSR count). The molecule has 0 spiro atoms. The summed E-state index contributed by atoms with van der Waals surface area (Å²) in [5.74, 6) is 2.34. The lowest BCUT2D eigenvalue weighted by Crippen LogP contribution is -2.41. The van der Waals surface area contributed by atoms with Gasteiger partial charge in [0.05, 0.1) is 13.2 Å². The largest absolute Gasteiger partial charge is 0.491 e. The van der Waals surface area contributed by atoms with E-state index in [4.69, 9.17) is 14.2 Å². The average Bonchev–Trinajstić information content (AvgIpc) is 3.09. The minimum absolute atomic E-state index is 0.557. The van der Waals surface area contributed by atoms with Gasteiger partial charge in [0, 0.05) is 46.8 Å². The molecule has 0 aromatic heterocycles. The first kappa shape index (κ1) is 18.5. The molecule has 6 nitrogen and oxygen atoms in total. The van der Waals surface area contributed by atoms with Gasteiger partial charge in [0.15, 0.2) is 5.96 Å². The van der Waals surface area contributed by atoms with Gasteiger partial charge in [0.25, 0.3) is 0 Å². The van der Waals surface area contributed by atoms with Gasteiger partial charge in [-0.1, -0.05) is 12.1 Å². The summed E-state index contributed by atoms with van der Waals surface area (Å²) in [6.45, 7) is 4.54. The molecule has 0 aliphatic carbocycles. The van der Waals surface area contributed by atoms with E-state index in [2.05, 4.69) is 28.3 Å². The highest BCUT2D eigenvalue weighted by Gasteiger charge is 2.18. The topological polar surface area (TPSA) is 55.3 Å². The fourth-order valence-corrected chi connectivity index (χ4v) is 2.76. The second kappa shape index (κ2) is 10.2. The number of ether oxygens (including phenoxy) is 3. The molecule has 1 fully saturated rings. The number of rotatable bonds is 8. The zero-order valence-corrected chi connectivity index (χ0v) is 15.0. The highest BCUT2D eigenvalue weighted by molar-refractivity contribution is 5.79. The summed E-state index contributed by atoms with van der Waals surface area (Å²) in [5, 5.41) is 3.41. The van der Waals surface area contributed by atoms with E-state index in [0.29, 0.717) is 25.7 Å². The van der Waals surface area contributed by atoms with Gasteiger partial charge < -0.3 is 24.4 Å². The Morgan fingerprint density at radius 1 is 1.42 bits per heavy atom. The first-order chi connectivity index (χ1) is 11.7. The fourth-order valence-electron chi connectivity index (χ4n) is 2.76. The molecule has 0 amide bonds. The number of guanidine groups is 1. The van der Waals surface area contributed by atoms with Crippen molar-refractivity contribution in [2.45, 2.75) is 13.0 Å². The molecule has 1 heterocycles. The van der Waals surface area contributed by atoms with Crippen LogP contribution in [0.25, 0.3) is 0 Å². The molecule has 0 bridgehead atoms. The minimum atomic E-state index is 0.557. The molecule has 1 aliphatic rings. The monoisotopic (exact) mass is 335 g/mol. The second-order valence-corrected chi connectivity index (χ2v) is 6.00. The van der Waals surface area contributed by atoms with Gasteiger partial charge in [-0.3, -0.25) is 4.99 Å². The Morgan fingerprint density at radius 3 is 3.00 bits per heavy atom. The zero-order valence-electron chi connectivity index (χ0n) is 15.0. The normalized spacial score (nSPS) is 17.8. The zero-order chi connectivity index (χ0) is 17.2. The van der Waals surface area contributed by atoms with Crippen molar-refractivity contribution >= 4 is 5.96 Å². The van der Waals surface area contributed by atoms with Crippen molar-refractivity contribution in [3.63, 3.8) is 0 Å². The van der Waals surface area contributed by atoms with E-state index >= 15 is 0 Å². The van der Waals surface area contributed by atoms with Gasteiger partial charge in [-0.2, -0.15) is 0 Å². The van der Waals surface area contributed by atoms with Crippen LogP contribution in [0.1, 0.15) is 12.0 Å². The van der Waals surface area contributed by atoms with E-state index < -0.39 is 0 Å². The predicted molar refractivity (Wildman–Crippen MR) is 95.6 cm³/mol. The highest BCUT2D eigenvalue weighted by Crippen LogP contribution is 2.14.